The fourth-order valence-corrected chi connectivity index (χ4v) is 6.93. The number of aliphatic hydroxyl groups is 1. The molecule has 2 N–H and O–H groups in total. The summed E-state index contributed by atoms with van der Waals surface area (Å²) in [5, 5.41) is 11.5. The first-order valence-electron chi connectivity index (χ1n) is 16.9. The zero-order chi connectivity index (χ0) is 32.0. The minimum absolute atomic E-state index is 0.129. The molecule has 46 heavy (non-hydrogen) atoms. The third kappa shape index (κ3) is 7.89. The van der Waals surface area contributed by atoms with E-state index in [9.17, 15) is 9.59 Å². The Balaban J connectivity index is 1.14. The standard InChI is InChI=1S/C36H47N5O5/c1-40(2)33-17-14-29(21-38-33)25-8-6-24(7-9-25)22-41(35(43)27-12-15-31(16-13-27)46-36(44)37-18-19-42)30-5-3-4-28(20-30)32-23-45-34(39-32)26-10-11-26/h3-5,14,17,20-21,23-27,31,42H,6-13,15-16,18-19,22H2,1-2H3,(H,37,44). The van der Waals surface area contributed by atoms with E-state index in [-0.39, 0.29) is 31.1 Å². The number of alkyl carbamates (subject to hydrolysis) is 1. The van der Waals surface area contributed by atoms with Gasteiger partial charge in [0.25, 0.3) is 0 Å². The van der Waals surface area contributed by atoms with Gasteiger partial charge in [0, 0.05) is 56.5 Å². The summed E-state index contributed by atoms with van der Waals surface area (Å²) < 4.78 is 11.3. The van der Waals surface area contributed by atoms with Gasteiger partial charge in [-0.3, -0.25) is 4.79 Å². The first-order chi connectivity index (χ1) is 22.4. The molecular weight excluding hydrogens is 582 g/mol. The highest BCUT2D eigenvalue weighted by Gasteiger charge is 2.34. The van der Waals surface area contributed by atoms with E-state index in [1.807, 2.05) is 48.3 Å². The van der Waals surface area contributed by atoms with Crippen LogP contribution in [0.3, 0.4) is 0 Å². The van der Waals surface area contributed by atoms with Crippen LogP contribution in [-0.2, 0) is 9.53 Å². The maximum Gasteiger partial charge on any atom is 0.407 e. The molecule has 10 nitrogen and oxygen atoms in total. The summed E-state index contributed by atoms with van der Waals surface area (Å²) in [5.41, 5.74) is 3.95. The van der Waals surface area contributed by atoms with E-state index in [1.165, 1.54) is 5.56 Å². The minimum atomic E-state index is -0.514. The minimum Gasteiger partial charge on any atom is -0.448 e. The number of rotatable bonds is 11. The normalized spacial score (nSPS) is 23.0. The van der Waals surface area contributed by atoms with Crippen LogP contribution in [0.4, 0.5) is 16.3 Å². The van der Waals surface area contributed by atoms with Crippen molar-refractivity contribution in [3.05, 3.63) is 60.3 Å². The van der Waals surface area contributed by atoms with Gasteiger partial charge in [0.2, 0.25) is 5.91 Å². The lowest BCUT2D eigenvalue weighted by molar-refractivity contribution is -0.124. The predicted octanol–water partition coefficient (Wildman–Crippen LogP) is 6.26. The Morgan fingerprint density at radius 1 is 0.978 bits per heavy atom. The third-order valence-electron chi connectivity index (χ3n) is 9.83. The molecule has 246 valence electrons. The maximum absolute atomic E-state index is 14.3. The number of pyridine rings is 1. The fourth-order valence-electron chi connectivity index (χ4n) is 6.93. The van der Waals surface area contributed by atoms with Crippen molar-refractivity contribution in [3.63, 3.8) is 0 Å². The van der Waals surface area contributed by atoms with E-state index in [0.29, 0.717) is 50.0 Å². The molecule has 3 aliphatic rings. The second-order valence-corrected chi connectivity index (χ2v) is 13.4. The van der Waals surface area contributed by atoms with Crippen molar-refractivity contribution in [2.75, 3.05) is 43.6 Å². The zero-order valence-electron chi connectivity index (χ0n) is 27.1. The highest BCUT2D eigenvalue weighted by atomic mass is 16.6. The zero-order valence-corrected chi connectivity index (χ0v) is 27.1. The molecule has 0 spiro atoms. The highest BCUT2D eigenvalue weighted by Crippen LogP contribution is 2.41. The number of aliphatic hydroxyl groups excluding tert-OH is 1. The highest BCUT2D eigenvalue weighted by molar-refractivity contribution is 5.95. The van der Waals surface area contributed by atoms with Gasteiger partial charge in [0.15, 0.2) is 5.89 Å². The van der Waals surface area contributed by atoms with Gasteiger partial charge in [0.1, 0.15) is 23.9 Å². The van der Waals surface area contributed by atoms with Crippen LogP contribution in [0.2, 0.25) is 0 Å². The molecule has 0 saturated heterocycles. The van der Waals surface area contributed by atoms with Crippen molar-refractivity contribution in [3.8, 4) is 11.3 Å². The first kappa shape index (κ1) is 32.0. The summed E-state index contributed by atoms with van der Waals surface area (Å²) in [6, 6.07) is 12.5. The molecule has 0 unspecified atom stereocenters. The lowest BCUT2D eigenvalue weighted by Gasteiger charge is -2.36. The Morgan fingerprint density at radius 3 is 2.41 bits per heavy atom. The second-order valence-electron chi connectivity index (χ2n) is 13.4. The van der Waals surface area contributed by atoms with Gasteiger partial charge in [0.05, 0.1) is 6.61 Å². The smallest absolute Gasteiger partial charge is 0.407 e. The van der Waals surface area contributed by atoms with Crippen molar-refractivity contribution in [1.82, 2.24) is 15.3 Å². The number of aromatic nitrogens is 2. The molecular formula is C36H47N5O5. The van der Waals surface area contributed by atoms with Crippen LogP contribution in [0, 0.1) is 11.8 Å². The van der Waals surface area contributed by atoms with Crippen molar-refractivity contribution < 1.29 is 23.8 Å². The third-order valence-corrected chi connectivity index (χ3v) is 9.83. The van der Waals surface area contributed by atoms with Crippen LogP contribution in [0.5, 0.6) is 0 Å². The molecule has 2 aromatic heterocycles. The van der Waals surface area contributed by atoms with Crippen LogP contribution >= 0.6 is 0 Å². The van der Waals surface area contributed by atoms with Crippen molar-refractivity contribution in [2.24, 2.45) is 11.8 Å². The number of hydrogen-bond acceptors (Lipinski definition) is 8. The number of amides is 2. The van der Waals surface area contributed by atoms with Crippen molar-refractivity contribution in [2.45, 2.75) is 82.1 Å². The molecule has 0 aliphatic heterocycles. The van der Waals surface area contributed by atoms with Gasteiger partial charge >= 0.3 is 6.09 Å². The molecule has 2 heterocycles. The van der Waals surface area contributed by atoms with Crippen LogP contribution in [0.25, 0.3) is 11.3 Å². The lowest BCUT2D eigenvalue weighted by atomic mass is 9.78. The summed E-state index contributed by atoms with van der Waals surface area (Å²) in [6.45, 7) is 0.714. The Morgan fingerprint density at radius 2 is 1.74 bits per heavy atom. The Labute approximate surface area is 271 Å². The molecule has 0 radical (unpaired) electrons. The van der Waals surface area contributed by atoms with Crippen molar-refractivity contribution in [1.29, 1.82) is 0 Å². The van der Waals surface area contributed by atoms with E-state index < -0.39 is 6.09 Å². The van der Waals surface area contributed by atoms with Gasteiger partial charge < -0.3 is 29.4 Å². The number of carbonyl (C=O) groups excluding carboxylic acids is 2. The summed E-state index contributed by atoms with van der Waals surface area (Å²) in [4.78, 5) is 39.7. The van der Waals surface area contributed by atoms with Gasteiger partial charge in [-0.25, -0.2) is 14.8 Å². The Bertz CT molecular complexity index is 1450. The summed E-state index contributed by atoms with van der Waals surface area (Å²) in [7, 11) is 4.01. The number of anilines is 2. The van der Waals surface area contributed by atoms with Gasteiger partial charge in [-0.1, -0.05) is 18.2 Å². The number of carbonyl (C=O) groups is 2. The van der Waals surface area contributed by atoms with Crippen LogP contribution in [0.1, 0.15) is 87.5 Å². The second kappa shape index (κ2) is 14.7. The molecule has 3 aromatic rings. The van der Waals surface area contributed by atoms with E-state index in [4.69, 9.17) is 19.2 Å². The molecule has 2 amide bonds. The quantitative estimate of drug-likeness (QED) is 0.255. The molecule has 3 fully saturated rings. The summed E-state index contributed by atoms with van der Waals surface area (Å²) >= 11 is 0. The van der Waals surface area contributed by atoms with Crippen LogP contribution in [-0.4, -0.2) is 67.0 Å². The molecule has 3 saturated carbocycles. The number of nitrogens with zero attached hydrogens (tertiary/aromatic N) is 4. The topological polar surface area (TPSA) is 121 Å². The van der Waals surface area contributed by atoms with Crippen LogP contribution < -0.4 is 15.1 Å². The average molecular weight is 630 g/mol. The molecule has 6 rings (SSSR count). The number of oxazole rings is 1. The number of nitrogens with one attached hydrogen (secondary N) is 1. The molecule has 10 heteroatoms. The maximum atomic E-state index is 14.3. The van der Waals surface area contributed by atoms with Gasteiger partial charge in [-0.05, 0) is 99.8 Å². The SMILES string of the molecule is CN(C)c1ccc(C2CCC(CN(C(=O)C3CCC(OC(=O)NCCO)CC3)c3cccc(-c4coc(C5CC5)n4)c3)CC2)cn1. The van der Waals surface area contributed by atoms with Crippen molar-refractivity contribution >= 4 is 23.5 Å². The summed E-state index contributed by atoms with van der Waals surface area (Å²) in [6.07, 6.45) is 12.2. The molecule has 0 bridgehead atoms. The van der Waals surface area contributed by atoms with Crippen LogP contribution in [0.15, 0.2) is 53.3 Å². The van der Waals surface area contributed by atoms with Gasteiger partial charge in [-0.2, -0.15) is 0 Å². The van der Waals surface area contributed by atoms with Gasteiger partial charge in [-0.15, -0.1) is 0 Å². The first-order valence-corrected chi connectivity index (χ1v) is 16.9. The monoisotopic (exact) mass is 629 g/mol. The number of ether oxygens (including phenoxy) is 1. The number of hydrogen-bond donors (Lipinski definition) is 2. The summed E-state index contributed by atoms with van der Waals surface area (Å²) in [5.74, 6) is 3.12. The largest absolute Gasteiger partial charge is 0.448 e. The number of benzene rings is 1. The predicted molar refractivity (Wildman–Crippen MR) is 177 cm³/mol. The van der Waals surface area contributed by atoms with E-state index in [0.717, 1.165) is 67.2 Å². The molecule has 3 aliphatic carbocycles. The Kier molecular flexibility index (Phi) is 10.2. The Hall–Kier alpha value is -3.92. The van der Waals surface area contributed by atoms with E-state index in [1.54, 1.807) is 6.26 Å². The molecule has 0 atom stereocenters. The van der Waals surface area contributed by atoms with E-state index >= 15 is 0 Å². The molecule has 1 aromatic carbocycles. The average Bonchev–Trinajstić information content (AvgIpc) is 3.82. The lowest BCUT2D eigenvalue weighted by Crippen LogP contribution is -2.42. The van der Waals surface area contributed by atoms with E-state index in [2.05, 4.69) is 28.5 Å². The fraction of sp³-hybridized carbons (Fsp3) is 0.556.